The Labute approximate surface area is 183 Å². The largest absolute Gasteiger partial charge is 0.355 e. The lowest BCUT2D eigenvalue weighted by Gasteiger charge is -2.39. The van der Waals surface area contributed by atoms with Crippen LogP contribution < -0.4 is 10.6 Å². The third kappa shape index (κ3) is 6.69. The van der Waals surface area contributed by atoms with Crippen molar-refractivity contribution in [2.24, 2.45) is 4.99 Å². The van der Waals surface area contributed by atoms with E-state index >= 15 is 0 Å². The fraction of sp³-hybridized carbons (Fsp3) is 0.708. The number of guanidine groups is 1. The SMILES string of the molecule is CCN1CCN(C(C)CNC(=NC)NC2CCN(Cc3ccccc3)C(C)C2)CC1. The van der Waals surface area contributed by atoms with Crippen LogP contribution in [0.15, 0.2) is 35.3 Å². The highest BCUT2D eigenvalue weighted by atomic mass is 15.3. The highest BCUT2D eigenvalue weighted by Crippen LogP contribution is 2.20. The first-order valence-electron chi connectivity index (χ1n) is 11.8. The number of rotatable bonds is 7. The fourth-order valence-electron chi connectivity index (χ4n) is 4.69. The lowest BCUT2D eigenvalue weighted by atomic mass is 9.97. The zero-order valence-corrected chi connectivity index (χ0v) is 19.5. The maximum Gasteiger partial charge on any atom is 0.191 e. The molecule has 2 saturated heterocycles. The van der Waals surface area contributed by atoms with E-state index in [4.69, 9.17) is 0 Å². The summed E-state index contributed by atoms with van der Waals surface area (Å²) in [5.74, 6) is 0.947. The molecule has 1 aromatic carbocycles. The molecule has 0 aliphatic carbocycles. The molecule has 2 N–H and O–H groups in total. The number of piperazine rings is 1. The summed E-state index contributed by atoms with van der Waals surface area (Å²) in [6, 6.07) is 12.4. The molecule has 0 radical (unpaired) electrons. The molecule has 0 amide bonds. The summed E-state index contributed by atoms with van der Waals surface area (Å²) in [7, 11) is 1.88. The molecule has 3 rings (SSSR count). The van der Waals surface area contributed by atoms with E-state index in [0.29, 0.717) is 18.1 Å². The zero-order valence-electron chi connectivity index (χ0n) is 19.5. The van der Waals surface area contributed by atoms with Crippen LogP contribution in [0.1, 0.15) is 39.2 Å². The number of hydrogen-bond acceptors (Lipinski definition) is 4. The topological polar surface area (TPSA) is 46.1 Å². The van der Waals surface area contributed by atoms with E-state index in [9.17, 15) is 0 Å². The van der Waals surface area contributed by atoms with Crippen LogP contribution in [0.3, 0.4) is 0 Å². The van der Waals surface area contributed by atoms with Crippen LogP contribution in [-0.4, -0.2) is 91.6 Å². The Morgan fingerprint density at radius 2 is 1.87 bits per heavy atom. The Bertz CT molecular complexity index is 640. The van der Waals surface area contributed by atoms with Gasteiger partial charge in [-0.25, -0.2) is 0 Å². The van der Waals surface area contributed by atoms with Crippen molar-refractivity contribution in [2.45, 2.75) is 58.3 Å². The lowest BCUT2D eigenvalue weighted by molar-refractivity contribution is 0.107. The van der Waals surface area contributed by atoms with Gasteiger partial charge < -0.3 is 15.5 Å². The highest BCUT2D eigenvalue weighted by Gasteiger charge is 2.26. The average molecular weight is 415 g/mol. The molecule has 6 heteroatoms. The molecule has 3 atom stereocenters. The summed E-state index contributed by atoms with van der Waals surface area (Å²) in [5.41, 5.74) is 1.40. The minimum Gasteiger partial charge on any atom is -0.355 e. The number of likely N-dealkylation sites (N-methyl/N-ethyl adjacent to an activating group) is 1. The molecule has 2 heterocycles. The molecule has 0 bridgehead atoms. The second-order valence-corrected chi connectivity index (χ2v) is 8.94. The smallest absolute Gasteiger partial charge is 0.191 e. The van der Waals surface area contributed by atoms with Gasteiger partial charge in [-0.2, -0.15) is 0 Å². The number of nitrogens with one attached hydrogen (secondary N) is 2. The second kappa shape index (κ2) is 11.7. The first kappa shape index (κ1) is 23.0. The van der Waals surface area contributed by atoms with E-state index < -0.39 is 0 Å². The number of hydrogen-bond donors (Lipinski definition) is 2. The number of likely N-dealkylation sites (tertiary alicyclic amines) is 1. The minimum atomic E-state index is 0.488. The van der Waals surface area contributed by atoms with E-state index in [1.165, 1.54) is 38.3 Å². The van der Waals surface area contributed by atoms with Gasteiger partial charge in [-0.3, -0.25) is 14.8 Å². The van der Waals surface area contributed by atoms with Crippen molar-refractivity contribution in [3.63, 3.8) is 0 Å². The van der Waals surface area contributed by atoms with Crippen LogP contribution in [0.5, 0.6) is 0 Å². The Kier molecular flexibility index (Phi) is 8.97. The van der Waals surface area contributed by atoms with Crippen molar-refractivity contribution < 1.29 is 0 Å². The van der Waals surface area contributed by atoms with Crippen molar-refractivity contribution in [2.75, 3.05) is 52.9 Å². The van der Waals surface area contributed by atoms with Crippen molar-refractivity contribution in [3.05, 3.63) is 35.9 Å². The first-order valence-corrected chi connectivity index (χ1v) is 11.8. The second-order valence-electron chi connectivity index (χ2n) is 8.94. The standard InChI is InChI=1S/C24H42N6/c1-5-28-13-15-29(16-14-28)21(3)18-26-24(25-4)27-23-11-12-30(20(2)17-23)19-22-9-7-6-8-10-22/h6-10,20-21,23H,5,11-19H2,1-4H3,(H2,25,26,27). The monoisotopic (exact) mass is 414 g/mol. The maximum atomic E-state index is 4.49. The predicted octanol–water partition coefficient (Wildman–Crippen LogP) is 2.23. The third-order valence-electron chi connectivity index (χ3n) is 6.85. The maximum absolute atomic E-state index is 4.49. The molecule has 2 aliphatic rings. The molecule has 3 unspecified atom stereocenters. The minimum absolute atomic E-state index is 0.488. The first-order chi connectivity index (χ1) is 14.6. The van der Waals surface area contributed by atoms with Gasteiger partial charge in [0.15, 0.2) is 5.96 Å². The molecule has 168 valence electrons. The van der Waals surface area contributed by atoms with Crippen molar-refractivity contribution in [1.29, 1.82) is 0 Å². The summed E-state index contributed by atoms with van der Waals surface area (Å²) in [6.45, 7) is 15.9. The van der Waals surface area contributed by atoms with Crippen molar-refractivity contribution >= 4 is 5.96 Å². The van der Waals surface area contributed by atoms with Crippen LogP contribution >= 0.6 is 0 Å². The van der Waals surface area contributed by atoms with Gasteiger partial charge in [-0.15, -0.1) is 0 Å². The molecule has 2 fully saturated rings. The van der Waals surface area contributed by atoms with Gasteiger partial charge in [-0.1, -0.05) is 37.3 Å². The fourth-order valence-corrected chi connectivity index (χ4v) is 4.69. The number of benzene rings is 1. The average Bonchev–Trinajstić information content (AvgIpc) is 2.79. The molecular weight excluding hydrogens is 372 g/mol. The van der Waals surface area contributed by atoms with Gasteiger partial charge >= 0.3 is 0 Å². The van der Waals surface area contributed by atoms with Gasteiger partial charge in [0.25, 0.3) is 0 Å². The quantitative estimate of drug-likeness (QED) is 0.529. The Balaban J connectivity index is 1.39. The van der Waals surface area contributed by atoms with Crippen molar-refractivity contribution in [1.82, 2.24) is 25.3 Å². The molecule has 0 saturated carbocycles. The Hall–Kier alpha value is -1.63. The number of nitrogens with zero attached hydrogens (tertiary/aromatic N) is 4. The van der Waals surface area contributed by atoms with Crippen LogP contribution in [0.2, 0.25) is 0 Å². The van der Waals surface area contributed by atoms with E-state index in [0.717, 1.165) is 38.4 Å². The van der Waals surface area contributed by atoms with Crippen LogP contribution in [0, 0.1) is 0 Å². The lowest BCUT2D eigenvalue weighted by Crippen LogP contribution is -2.55. The molecule has 0 spiro atoms. The van der Waals surface area contributed by atoms with Gasteiger partial charge in [0, 0.05) is 71.0 Å². The summed E-state index contributed by atoms with van der Waals surface area (Å²) in [5, 5.41) is 7.26. The summed E-state index contributed by atoms with van der Waals surface area (Å²) in [6.07, 6.45) is 2.31. The van der Waals surface area contributed by atoms with E-state index in [1.54, 1.807) is 0 Å². The van der Waals surface area contributed by atoms with Gasteiger partial charge in [-0.05, 0) is 38.8 Å². The highest BCUT2D eigenvalue weighted by molar-refractivity contribution is 5.80. The summed E-state index contributed by atoms with van der Waals surface area (Å²) in [4.78, 5) is 12.2. The third-order valence-corrected chi connectivity index (χ3v) is 6.85. The molecule has 30 heavy (non-hydrogen) atoms. The number of piperidine rings is 1. The normalized spacial score (nSPS) is 25.8. The molecule has 2 aliphatic heterocycles. The zero-order chi connectivity index (χ0) is 21.3. The van der Waals surface area contributed by atoms with E-state index in [1.807, 2.05) is 7.05 Å². The summed E-state index contributed by atoms with van der Waals surface area (Å²) < 4.78 is 0. The van der Waals surface area contributed by atoms with Gasteiger partial charge in [0.05, 0.1) is 0 Å². The summed E-state index contributed by atoms with van der Waals surface area (Å²) >= 11 is 0. The molecular formula is C24H42N6. The van der Waals surface area contributed by atoms with E-state index in [-0.39, 0.29) is 0 Å². The predicted molar refractivity (Wildman–Crippen MR) is 127 cm³/mol. The molecule has 1 aromatic rings. The van der Waals surface area contributed by atoms with Gasteiger partial charge in [0.1, 0.15) is 0 Å². The van der Waals surface area contributed by atoms with Crippen LogP contribution in [-0.2, 0) is 6.54 Å². The molecule has 6 nitrogen and oxygen atoms in total. The Morgan fingerprint density at radius 1 is 1.13 bits per heavy atom. The van der Waals surface area contributed by atoms with E-state index in [2.05, 4.69) is 81.4 Å². The van der Waals surface area contributed by atoms with Crippen molar-refractivity contribution in [3.8, 4) is 0 Å². The van der Waals surface area contributed by atoms with Gasteiger partial charge in [0.2, 0.25) is 0 Å². The Morgan fingerprint density at radius 3 is 2.50 bits per heavy atom. The van der Waals surface area contributed by atoms with Crippen LogP contribution in [0.4, 0.5) is 0 Å². The van der Waals surface area contributed by atoms with Crippen LogP contribution in [0.25, 0.3) is 0 Å². The molecule has 0 aromatic heterocycles. The number of aliphatic imine (C=N–C) groups is 1.